The average Bonchev–Trinajstić information content (AvgIpc) is 3.33. The van der Waals surface area contributed by atoms with Crippen molar-refractivity contribution in [2.45, 2.75) is 45.1 Å². The lowest BCUT2D eigenvalue weighted by Crippen LogP contribution is -2.50. The number of benzene rings is 2. The second-order valence-corrected chi connectivity index (χ2v) is 9.80. The van der Waals surface area contributed by atoms with Crippen molar-refractivity contribution in [3.05, 3.63) is 65.9 Å². The number of likely N-dealkylation sites (tertiary alicyclic amines) is 1. The zero-order chi connectivity index (χ0) is 22.7. The summed E-state index contributed by atoms with van der Waals surface area (Å²) in [5.74, 6) is 1.28. The van der Waals surface area contributed by atoms with Gasteiger partial charge in [-0.25, -0.2) is 0 Å². The molecule has 0 atom stereocenters. The first kappa shape index (κ1) is 22.0. The molecule has 33 heavy (non-hydrogen) atoms. The van der Waals surface area contributed by atoms with Crippen LogP contribution in [0.2, 0.25) is 0 Å². The van der Waals surface area contributed by atoms with Crippen LogP contribution in [-0.4, -0.2) is 54.0 Å². The van der Waals surface area contributed by atoms with Gasteiger partial charge in [-0.2, -0.15) is 0 Å². The SMILES string of the molecule is CN1CCOc2ccccc2CCCCC2(CCN(Cc3cccc4[nH]ccc34)CC2)C1=O. The summed E-state index contributed by atoms with van der Waals surface area (Å²) < 4.78 is 6.06. The van der Waals surface area contributed by atoms with E-state index >= 15 is 0 Å². The van der Waals surface area contributed by atoms with E-state index in [1.807, 2.05) is 30.3 Å². The first-order valence-corrected chi connectivity index (χ1v) is 12.4. The van der Waals surface area contributed by atoms with Gasteiger partial charge >= 0.3 is 0 Å². The number of para-hydroxylation sites is 1. The minimum Gasteiger partial charge on any atom is -0.491 e. The number of nitrogens with one attached hydrogen (secondary N) is 1. The van der Waals surface area contributed by atoms with Gasteiger partial charge in [0.15, 0.2) is 0 Å². The molecule has 1 amide bonds. The summed E-state index contributed by atoms with van der Waals surface area (Å²) in [6.07, 6.45) is 8.08. The molecule has 174 valence electrons. The Morgan fingerprint density at radius 2 is 1.82 bits per heavy atom. The van der Waals surface area contributed by atoms with E-state index in [2.05, 4.69) is 46.3 Å². The van der Waals surface area contributed by atoms with Crippen molar-refractivity contribution in [1.82, 2.24) is 14.8 Å². The van der Waals surface area contributed by atoms with E-state index in [1.54, 1.807) is 0 Å². The fourth-order valence-electron chi connectivity index (χ4n) is 5.67. The number of hydrogen-bond acceptors (Lipinski definition) is 3. The number of aryl methyl sites for hydroxylation is 1. The number of ether oxygens (including phenoxy) is 1. The molecule has 2 aliphatic rings. The lowest BCUT2D eigenvalue weighted by atomic mass is 9.73. The van der Waals surface area contributed by atoms with Crippen molar-refractivity contribution < 1.29 is 9.53 Å². The van der Waals surface area contributed by atoms with Crippen molar-refractivity contribution >= 4 is 16.8 Å². The van der Waals surface area contributed by atoms with Crippen LogP contribution in [0, 0.1) is 5.41 Å². The van der Waals surface area contributed by atoms with E-state index in [4.69, 9.17) is 4.74 Å². The van der Waals surface area contributed by atoms with Gasteiger partial charge in [0.05, 0.1) is 12.0 Å². The molecule has 0 aliphatic carbocycles. The van der Waals surface area contributed by atoms with Crippen LogP contribution in [0.3, 0.4) is 0 Å². The van der Waals surface area contributed by atoms with Crippen molar-refractivity contribution in [2.24, 2.45) is 5.41 Å². The molecule has 0 unspecified atom stereocenters. The fourth-order valence-corrected chi connectivity index (χ4v) is 5.67. The highest BCUT2D eigenvalue weighted by atomic mass is 16.5. The third-order valence-electron chi connectivity index (χ3n) is 7.70. The molecule has 1 fully saturated rings. The van der Waals surface area contributed by atoms with Gasteiger partial charge in [0, 0.05) is 30.7 Å². The quantitative estimate of drug-likeness (QED) is 0.603. The molecule has 1 saturated heterocycles. The minimum atomic E-state index is -0.232. The Kier molecular flexibility index (Phi) is 6.41. The zero-order valence-corrected chi connectivity index (χ0v) is 19.7. The van der Waals surface area contributed by atoms with E-state index in [0.717, 1.165) is 63.9 Å². The van der Waals surface area contributed by atoms with E-state index in [9.17, 15) is 4.79 Å². The van der Waals surface area contributed by atoms with Crippen LogP contribution in [-0.2, 0) is 17.8 Å². The molecule has 5 heteroatoms. The molecule has 1 N–H and O–H groups in total. The summed E-state index contributed by atoms with van der Waals surface area (Å²) in [4.78, 5) is 21.4. The number of carbonyl (C=O) groups is 1. The summed E-state index contributed by atoms with van der Waals surface area (Å²) in [5, 5.41) is 1.31. The van der Waals surface area contributed by atoms with Gasteiger partial charge in [0.2, 0.25) is 5.91 Å². The normalized spacial score (nSPS) is 20.2. The molecule has 3 aromatic rings. The van der Waals surface area contributed by atoms with Crippen LogP contribution in [0.15, 0.2) is 54.7 Å². The van der Waals surface area contributed by atoms with Crippen molar-refractivity contribution in [2.75, 3.05) is 33.3 Å². The number of H-pyrrole nitrogens is 1. The highest BCUT2D eigenvalue weighted by Gasteiger charge is 2.42. The Morgan fingerprint density at radius 1 is 0.970 bits per heavy atom. The van der Waals surface area contributed by atoms with Gasteiger partial charge in [0.1, 0.15) is 12.4 Å². The van der Waals surface area contributed by atoms with Gasteiger partial charge < -0.3 is 14.6 Å². The number of rotatable bonds is 2. The fraction of sp³-hybridized carbons (Fsp3) is 0.464. The summed E-state index contributed by atoms with van der Waals surface area (Å²) in [6.45, 7) is 4.07. The molecule has 5 nitrogen and oxygen atoms in total. The van der Waals surface area contributed by atoms with E-state index in [0.29, 0.717) is 19.1 Å². The van der Waals surface area contributed by atoms with Gasteiger partial charge in [-0.05, 0) is 74.5 Å². The number of nitrogens with zero attached hydrogens (tertiary/aromatic N) is 2. The van der Waals surface area contributed by atoms with Crippen LogP contribution in [0.4, 0.5) is 0 Å². The number of aromatic nitrogens is 1. The number of likely N-dealkylation sites (N-methyl/N-ethyl adjacent to an activating group) is 1. The highest BCUT2D eigenvalue weighted by Crippen LogP contribution is 2.39. The number of piperidine rings is 1. The second kappa shape index (κ2) is 9.60. The second-order valence-electron chi connectivity index (χ2n) is 9.80. The van der Waals surface area contributed by atoms with E-state index in [1.165, 1.54) is 22.0 Å². The van der Waals surface area contributed by atoms with Gasteiger partial charge in [-0.3, -0.25) is 9.69 Å². The molecule has 1 spiro atoms. The molecular weight excluding hydrogens is 410 g/mol. The molecule has 0 radical (unpaired) electrons. The number of hydrogen-bond donors (Lipinski definition) is 1. The molecule has 2 aromatic carbocycles. The van der Waals surface area contributed by atoms with Gasteiger partial charge in [0.25, 0.3) is 0 Å². The molecule has 0 saturated carbocycles. The molecule has 5 rings (SSSR count). The zero-order valence-electron chi connectivity index (χ0n) is 19.7. The maximum absolute atomic E-state index is 13.6. The van der Waals surface area contributed by atoms with E-state index in [-0.39, 0.29) is 5.41 Å². The number of aromatic amines is 1. The van der Waals surface area contributed by atoms with Gasteiger partial charge in [-0.1, -0.05) is 36.8 Å². The smallest absolute Gasteiger partial charge is 0.228 e. The predicted molar refractivity (Wildman–Crippen MR) is 132 cm³/mol. The first-order valence-electron chi connectivity index (χ1n) is 12.4. The Bertz CT molecular complexity index is 1100. The number of carbonyl (C=O) groups excluding carboxylic acids is 1. The third-order valence-corrected chi connectivity index (χ3v) is 7.70. The average molecular weight is 446 g/mol. The minimum absolute atomic E-state index is 0.232. The Balaban J connectivity index is 1.27. The molecular formula is C28H35N3O2. The third kappa shape index (κ3) is 4.65. The monoisotopic (exact) mass is 445 g/mol. The Hall–Kier alpha value is -2.79. The Labute approximate surface area is 196 Å². The molecule has 3 heterocycles. The number of amides is 1. The van der Waals surface area contributed by atoms with Crippen molar-refractivity contribution in [3.63, 3.8) is 0 Å². The maximum atomic E-state index is 13.6. The summed E-state index contributed by atoms with van der Waals surface area (Å²) in [6, 6.07) is 17.0. The standard InChI is InChI=1S/C28H35N3O2/c1-30-19-20-33-26-11-3-2-7-22(26)8-4-5-13-28(27(30)32)14-17-31(18-15-28)21-23-9-6-10-25-24(23)12-16-29-25/h2-3,6-7,9-12,16,29H,4-5,8,13-15,17-21H2,1H3. The van der Waals surface area contributed by atoms with Crippen molar-refractivity contribution in [1.29, 1.82) is 0 Å². The van der Waals surface area contributed by atoms with Crippen LogP contribution in [0.5, 0.6) is 5.75 Å². The lowest BCUT2D eigenvalue weighted by molar-refractivity contribution is -0.145. The van der Waals surface area contributed by atoms with Crippen LogP contribution >= 0.6 is 0 Å². The molecule has 1 aromatic heterocycles. The van der Waals surface area contributed by atoms with E-state index < -0.39 is 0 Å². The number of fused-ring (bicyclic) bond motifs is 2. The van der Waals surface area contributed by atoms with Gasteiger partial charge in [-0.15, -0.1) is 0 Å². The summed E-state index contributed by atoms with van der Waals surface area (Å²) in [7, 11) is 1.95. The summed E-state index contributed by atoms with van der Waals surface area (Å²) >= 11 is 0. The lowest BCUT2D eigenvalue weighted by Gasteiger charge is -2.43. The van der Waals surface area contributed by atoms with Crippen LogP contribution in [0.25, 0.3) is 10.9 Å². The highest BCUT2D eigenvalue weighted by molar-refractivity contribution is 5.83. The van der Waals surface area contributed by atoms with Crippen molar-refractivity contribution in [3.8, 4) is 5.75 Å². The van der Waals surface area contributed by atoms with Crippen LogP contribution in [0.1, 0.15) is 43.2 Å². The molecule has 0 bridgehead atoms. The predicted octanol–water partition coefficient (Wildman–Crippen LogP) is 5.01. The first-order chi connectivity index (χ1) is 16.1. The largest absolute Gasteiger partial charge is 0.491 e. The molecule has 2 aliphatic heterocycles. The topological polar surface area (TPSA) is 48.6 Å². The Morgan fingerprint density at radius 3 is 2.70 bits per heavy atom. The maximum Gasteiger partial charge on any atom is 0.228 e. The summed E-state index contributed by atoms with van der Waals surface area (Å²) in [5.41, 5.74) is 3.61. The van der Waals surface area contributed by atoms with Crippen LogP contribution < -0.4 is 4.74 Å².